The van der Waals surface area contributed by atoms with Gasteiger partial charge in [-0.3, -0.25) is 4.79 Å². The van der Waals surface area contributed by atoms with E-state index in [1.807, 2.05) is 6.07 Å². The number of esters is 1. The van der Waals surface area contributed by atoms with Crippen LogP contribution in [0, 0.1) is 0 Å². The van der Waals surface area contributed by atoms with Crippen molar-refractivity contribution in [3.05, 3.63) is 34.9 Å². The molecule has 0 aliphatic heterocycles. The van der Waals surface area contributed by atoms with Gasteiger partial charge in [-0.05, 0) is 31.0 Å². The molecule has 78 valence electrons. The number of ketones is 1. The third-order valence-electron chi connectivity index (χ3n) is 2.54. The Morgan fingerprint density at radius 3 is 2.93 bits per heavy atom. The predicted octanol–water partition coefficient (Wildman–Crippen LogP) is 1.99. The predicted molar refractivity (Wildman–Crippen MR) is 55.1 cm³/mol. The van der Waals surface area contributed by atoms with Crippen LogP contribution >= 0.6 is 0 Å². The van der Waals surface area contributed by atoms with Crippen molar-refractivity contribution in [2.75, 3.05) is 6.61 Å². The molecule has 1 aliphatic rings. The van der Waals surface area contributed by atoms with Gasteiger partial charge in [-0.15, -0.1) is 0 Å². The highest BCUT2D eigenvalue weighted by molar-refractivity contribution is 6.02. The third kappa shape index (κ3) is 1.77. The summed E-state index contributed by atoms with van der Waals surface area (Å²) in [5, 5.41) is 0. The molecule has 1 aromatic rings. The molecule has 3 heteroatoms. The summed E-state index contributed by atoms with van der Waals surface area (Å²) in [4.78, 5) is 22.9. The lowest BCUT2D eigenvalue weighted by Crippen LogP contribution is -2.05. The average Bonchev–Trinajstić information content (AvgIpc) is 2.60. The number of Topliss-reactive ketones (excluding diaryl/α,β-unsaturated/α-hetero) is 1. The Kier molecular flexibility index (Phi) is 2.54. The Hall–Kier alpha value is -1.64. The van der Waals surface area contributed by atoms with Crippen LogP contribution in [-0.4, -0.2) is 18.4 Å². The van der Waals surface area contributed by atoms with E-state index in [4.69, 9.17) is 4.74 Å². The number of aryl methyl sites for hydroxylation is 1. The first-order valence-corrected chi connectivity index (χ1v) is 5.05. The summed E-state index contributed by atoms with van der Waals surface area (Å²) in [6.45, 7) is 2.11. The molecular weight excluding hydrogens is 192 g/mol. The van der Waals surface area contributed by atoms with Crippen LogP contribution in [-0.2, 0) is 11.2 Å². The highest BCUT2D eigenvalue weighted by atomic mass is 16.5. The maximum absolute atomic E-state index is 11.4. The fourth-order valence-electron chi connectivity index (χ4n) is 1.78. The molecule has 0 unspecified atom stereocenters. The molecule has 0 fully saturated rings. The van der Waals surface area contributed by atoms with Crippen molar-refractivity contribution in [2.24, 2.45) is 0 Å². The maximum Gasteiger partial charge on any atom is 0.338 e. The molecular formula is C12H12O3. The fraction of sp³-hybridized carbons (Fsp3) is 0.333. The number of benzene rings is 1. The lowest BCUT2D eigenvalue weighted by molar-refractivity contribution is 0.0526. The van der Waals surface area contributed by atoms with Gasteiger partial charge in [0.1, 0.15) is 0 Å². The van der Waals surface area contributed by atoms with Crippen molar-refractivity contribution >= 4 is 11.8 Å². The van der Waals surface area contributed by atoms with E-state index in [0.29, 0.717) is 24.2 Å². The summed E-state index contributed by atoms with van der Waals surface area (Å²) in [5.41, 5.74) is 2.18. The molecule has 0 radical (unpaired) electrons. The molecule has 0 saturated carbocycles. The van der Waals surface area contributed by atoms with Gasteiger partial charge in [-0.25, -0.2) is 4.79 Å². The summed E-state index contributed by atoms with van der Waals surface area (Å²) in [5.74, 6) is -0.240. The molecule has 0 bridgehead atoms. The van der Waals surface area contributed by atoms with Crippen molar-refractivity contribution < 1.29 is 14.3 Å². The number of rotatable bonds is 2. The quantitative estimate of drug-likeness (QED) is 0.692. The average molecular weight is 204 g/mol. The van der Waals surface area contributed by atoms with Gasteiger partial charge in [0, 0.05) is 12.0 Å². The smallest absolute Gasteiger partial charge is 0.338 e. The van der Waals surface area contributed by atoms with Crippen LogP contribution in [0.2, 0.25) is 0 Å². The van der Waals surface area contributed by atoms with Gasteiger partial charge in [-0.2, -0.15) is 0 Å². The lowest BCUT2D eigenvalue weighted by atomic mass is 10.1. The lowest BCUT2D eigenvalue weighted by Gasteiger charge is -2.03. The van der Waals surface area contributed by atoms with E-state index in [2.05, 4.69) is 0 Å². The van der Waals surface area contributed by atoms with Crippen molar-refractivity contribution in [3.63, 3.8) is 0 Å². The second kappa shape index (κ2) is 3.85. The van der Waals surface area contributed by atoms with Crippen LogP contribution < -0.4 is 0 Å². The van der Waals surface area contributed by atoms with E-state index in [-0.39, 0.29) is 11.8 Å². The monoisotopic (exact) mass is 204 g/mol. The number of carbonyl (C=O) groups is 2. The number of fused-ring (bicyclic) bond motifs is 1. The molecule has 0 heterocycles. The van der Waals surface area contributed by atoms with Gasteiger partial charge in [0.05, 0.1) is 12.2 Å². The highest BCUT2D eigenvalue weighted by Crippen LogP contribution is 2.23. The van der Waals surface area contributed by atoms with E-state index >= 15 is 0 Å². The minimum atomic E-state index is -0.361. The zero-order valence-electron chi connectivity index (χ0n) is 8.58. The molecule has 2 rings (SSSR count). The fourth-order valence-corrected chi connectivity index (χ4v) is 1.78. The Bertz CT molecular complexity index is 421. The van der Waals surface area contributed by atoms with Crippen LogP contribution in [0.5, 0.6) is 0 Å². The molecule has 3 nitrogen and oxygen atoms in total. The van der Waals surface area contributed by atoms with Crippen LogP contribution in [0.3, 0.4) is 0 Å². The van der Waals surface area contributed by atoms with Gasteiger partial charge in [0.15, 0.2) is 5.78 Å². The number of ether oxygens (including phenoxy) is 1. The molecule has 0 N–H and O–H groups in total. The molecule has 0 aromatic heterocycles. The summed E-state index contributed by atoms with van der Waals surface area (Å²) in [6, 6.07) is 5.20. The minimum absolute atomic E-state index is 0.121. The minimum Gasteiger partial charge on any atom is -0.462 e. The second-order valence-electron chi connectivity index (χ2n) is 3.52. The largest absolute Gasteiger partial charge is 0.462 e. The Morgan fingerprint density at radius 1 is 1.40 bits per heavy atom. The highest BCUT2D eigenvalue weighted by Gasteiger charge is 2.20. The van der Waals surface area contributed by atoms with Crippen molar-refractivity contribution in [2.45, 2.75) is 19.8 Å². The Labute approximate surface area is 88.1 Å². The van der Waals surface area contributed by atoms with E-state index < -0.39 is 0 Å². The zero-order valence-corrected chi connectivity index (χ0v) is 8.58. The number of hydrogen-bond donors (Lipinski definition) is 0. The Balaban J connectivity index is 2.33. The summed E-state index contributed by atoms with van der Waals surface area (Å²) in [7, 11) is 0. The van der Waals surface area contributed by atoms with E-state index in [1.165, 1.54) is 0 Å². The SMILES string of the molecule is CCOC(=O)c1ccc2c(c1)C(=O)CC2. The Morgan fingerprint density at radius 2 is 2.20 bits per heavy atom. The first-order chi connectivity index (χ1) is 7.22. The molecule has 15 heavy (non-hydrogen) atoms. The molecule has 0 atom stereocenters. The summed E-state index contributed by atoms with van der Waals surface area (Å²) >= 11 is 0. The molecule has 0 spiro atoms. The molecule has 0 saturated heterocycles. The third-order valence-corrected chi connectivity index (χ3v) is 2.54. The van der Waals surface area contributed by atoms with Crippen LogP contribution in [0.25, 0.3) is 0 Å². The molecule has 1 aliphatic carbocycles. The van der Waals surface area contributed by atoms with Crippen molar-refractivity contribution in [1.29, 1.82) is 0 Å². The van der Waals surface area contributed by atoms with Crippen LogP contribution in [0.4, 0.5) is 0 Å². The number of carbonyl (C=O) groups excluding carboxylic acids is 2. The normalized spacial score (nSPS) is 13.8. The first kappa shape index (κ1) is 9.90. The maximum atomic E-state index is 11.4. The van der Waals surface area contributed by atoms with Crippen LogP contribution in [0.15, 0.2) is 18.2 Å². The van der Waals surface area contributed by atoms with E-state index in [9.17, 15) is 9.59 Å². The van der Waals surface area contributed by atoms with E-state index in [1.54, 1.807) is 19.1 Å². The first-order valence-electron chi connectivity index (χ1n) is 5.05. The van der Waals surface area contributed by atoms with E-state index in [0.717, 1.165) is 12.0 Å². The second-order valence-corrected chi connectivity index (χ2v) is 3.52. The number of hydrogen-bond acceptors (Lipinski definition) is 3. The summed E-state index contributed by atoms with van der Waals surface area (Å²) in [6.07, 6.45) is 1.35. The standard InChI is InChI=1S/C12H12O3/c1-2-15-12(14)9-4-3-8-5-6-11(13)10(8)7-9/h3-4,7H,2,5-6H2,1H3. The zero-order chi connectivity index (χ0) is 10.8. The van der Waals surface area contributed by atoms with Gasteiger partial charge < -0.3 is 4.74 Å². The van der Waals surface area contributed by atoms with Crippen molar-refractivity contribution in [1.82, 2.24) is 0 Å². The molecule has 1 aromatic carbocycles. The van der Waals surface area contributed by atoms with Gasteiger partial charge in [-0.1, -0.05) is 6.07 Å². The van der Waals surface area contributed by atoms with Gasteiger partial charge in [0.25, 0.3) is 0 Å². The van der Waals surface area contributed by atoms with Crippen LogP contribution in [0.1, 0.15) is 39.6 Å². The molecule has 0 amide bonds. The van der Waals surface area contributed by atoms with Gasteiger partial charge in [0.2, 0.25) is 0 Å². The van der Waals surface area contributed by atoms with Crippen molar-refractivity contribution in [3.8, 4) is 0 Å². The topological polar surface area (TPSA) is 43.4 Å². The van der Waals surface area contributed by atoms with Gasteiger partial charge >= 0.3 is 5.97 Å². The summed E-state index contributed by atoms with van der Waals surface area (Å²) < 4.78 is 4.87.